The molecule has 2 aromatic carbocycles. The van der Waals surface area contributed by atoms with Gasteiger partial charge in [-0.05, 0) is 41.8 Å². The summed E-state index contributed by atoms with van der Waals surface area (Å²) in [6, 6.07) is 16.7. The summed E-state index contributed by atoms with van der Waals surface area (Å²) in [5, 5.41) is 4.38. The zero-order valence-electron chi connectivity index (χ0n) is 15.3. The van der Waals surface area contributed by atoms with Crippen LogP contribution in [-0.2, 0) is 10.0 Å². The summed E-state index contributed by atoms with van der Waals surface area (Å²) >= 11 is 0. The third-order valence-corrected chi connectivity index (χ3v) is 4.93. The largest absolute Gasteiger partial charge is 0.358 e. The molecule has 0 saturated carbocycles. The molecule has 3 aromatic rings. The molecule has 27 heavy (non-hydrogen) atoms. The second kappa shape index (κ2) is 7.94. The normalized spacial score (nSPS) is 12.8. The van der Waals surface area contributed by atoms with Gasteiger partial charge >= 0.3 is 0 Å². The van der Waals surface area contributed by atoms with E-state index in [9.17, 15) is 13.2 Å². The molecule has 142 valence electrons. The number of aromatic amines is 1. The van der Waals surface area contributed by atoms with Gasteiger partial charge in [0.05, 0.1) is 12.8 Å². The lowest BCUT2D eigenvalue weighted by Gasteiger charge is -2.11. The number of H-pyrrole nitrogens is 1. The quantitative estimate of drug-likeness (QED) is 0.520. The van der Waals surface area contributed by atoms with E-state index in [2.05, 4.69) is 34.1 Å². The molecule has 3 rings (SSSR count). The van der Waals surface area contributed by atoms with Gasteiger partial charge in [0.2, 0.25) is 10.0 Å². The van der Waals surface area contributed by atoms with Crippen LogP contribution in [0, 0.1) is 0 Å². The van der Waals surface area contributed by atoms with Crippen molar-refractivity contribution >= 4 is 32.4 Å². The molecule has 0 aliphatic heterocycles. The van der Waals surface area contributed by atoms with E-state index in [0.29, 0.717) is 17.8 Å². The molecule has 6 nitrogen and oxygen atoms in total. The number of carbonyl (C=O) groups is 1. The highest BCUT2D eigenvalue weighted by molar-refractivity contribution is 7.92. The van der Waals surface area contributed by atoms with Crippen molar-refractivity contribution in [3.05, 3.63) is 65.9 Å². The number of aromatic nitrogens is 1. The van der Waals surface area contributed by atoms with Crippen molar-refractivity contribution in [3.63, 3.8) is 0 Å². The summed E-state index contributed by atoms with van der Waals surface area (Å²) in [4.78, 5) is 15.7. The van der Waals surface area contributed by atoms with E-state index < -0.39 is 10.0 Å². The summed E-state index contributed by atoms with van der Waals surface area (Å²) in [6.45, 7) is 3.00. The Morgan fingerprint density at radius 2 is 1.81 bits per heavy atom. The number of benzene rings is 2. The predicted octanol–water partition coefficient (Wildman–Crippen LogP) is 3.12. The van der Waals surface area contributed by atoms with Crippen molar-refractivity contribution in [3.8, 4) is 0 Å². The molecule has 0 aliphatic rings. The average Bonchev–Trinajstić information content (AvgIpc) is 3.05. The summed E-state index contributed by atoms with van der Waals surface area (Å²) in [5.74, 6) is 0.205. The number of ketones is 1. The van der Waals surface area contributed by atoms with Crippen LogP contribution >= 0.6 is 0 Å². The maximum absolute atomic E-state index is 12.3. The van der Waals surface area contributed by atoms with Crippen molar-refractivity contribution in [1.82, 2.24) is 10.3 Å². The van der Waals surface area contributed by atoms with E-state index in [1.807, 2.05) is 18.2 Å². The highest BCUT2D eigenvalue weighted by Gasteiger charge is 2.11. The number of Topliss-reactive ketones (excluding diaryl/α,β-unsaturated/α-hetero) is 1. The number of carbonyl (C=O) groups excluding carboxylic acids is 1. The zero-order valence-corrected chi connectivity index (χ0v) is 16.1. The smallest absolute Gasteiger partial charge is 0.229 e. The first-order valence-electron chi connectivity index (χ1n) is 8.71. The standard InChI is InChI=1S/C20H23N3O3S/c1-14(19-11-16-5-3-4-6-18(16)22-19)12-21-13-20(24)15-7-9-17(10-8-15)23-27(2,25)26/h3-11,14,21-23H,12-13H2,1-2H3. The molecule has 0 amide bonds. The Morgan fingerprint density at radius 3 is 2.48 bits per heavy atom. The van der Waals surface area contributed by atoms with Crippen molar-refractivity contribution < 1.29 is 13.2 Å². The van der Waals surface area contributed by atoms with Crippen molar-refractivity contribution in [2.75, 3.05) is 24.1 Å². The maximum Gasteiger partial charge on any atom is 0.229 e. The van der Waals surface area contributed by atoms with Gasteiger partial charge in [0.15, 0.2) is 5.78 Å². The van der Waals surface area contributed by atoms with Crippen LogP contribution in [0.2, 0.25) is 0 Å². The number of anilines is 1. The van der Waals surface area contributed by atoms with Gasteiger partial charge in [-0.1, -0.05) is 25.1 Å². The van der Waals surface area contributed by atoms with Gasteiger partial charge in [0.25, 0.3) is 0 Å². The molecule has 1 unspecified atom stereocenters. The van der Waals surface area contributed by atoms with Gasteiger partial charge < -0.3 is 10.3 Å². The fourth-order valence-corrected chi connectivity index (χ4v) is 3.48. The first-order valence-corrected chi connectivity index (χ1v) is 10.6. The molecule has 0 saturated heterocycles. The van der Waals surface area contributed by atoms with E-state index in [4.69, 9.17) is 0 Å². The zero-order chi connectivity index (χ0) is 19.4. The van der Waals surface area contributed by atoms with Crippen LogP contribution in [-0.4, -0.2) is 38.5 Å². The van der Waals surface area contributed by atoms with Gasteiger partial charge in [0, 0.05) is 34.9 Å². The Labute approximate surface area is 159 Å². The van der Waals surface area contributed by atoms with Gasteiger partial charge in [-0.25, -0.2) is 8.42 Å². The molecular formula is C20H23N3O3S. The molecule has 0 radical (unpaired) electrons. The van der Waals surface area contributed by atoms with E-state index in [1.165, 1.54) is 5.39 Å². The van der Waals surface area contributed by atoms with E-state index in [0.717, 1.165) is 17.5 Å². The minimum atomic E-state index is -3.32. The number of para-hydroxylation sites is 1. The summed E-state index contributed by atoms with van der Waals surface area (Å²) in [5.41, 5.74) is 3.22. The number of rotatable bonds is 8. The SMILES string of the molecule is CC(CNCC(=O)c1ccc(NS(C)(=O)=O)cc1)c1cc2ccccc2[nH]1. The monoisotopic (exact) mass is 385 g/mol. The lowest BCUT2D eigenvalue weighted by Crippen LogP contribution is -2.27. The van der Waals surface area contributed by atoms with Gasteiger partial charge in [-0.15, -0.1) is 0 Å². The van der Waals surface area contributed by atoms with Gasteiger partial charge in [-0.2, -0.15) is 0 Å². The molecule has 1 aromatic heterocycles. The minimum absolute atomic E-state index is 0.0373. The number of nitrogens with one attached hydrogen (secondary N) is 3. The summed E-state index contributed by atoms with van der Waals surface area (Å²) < 4.78 is 24.8. The molecule has 0 aliphatic carbocycles. The van der Waals surface area contributed by atoms with Crippen LogP contribution in [0.3, 0.4) is 0 Å². The summed E-state index contributed by atoms with van der Waals surface area (Å²) in [7, 11) is -3.32. The number of fused-ring (bicyclic) bond motifs is 1. The number of sulfonamides is 1. The van der Waals surface area contributed by atoms with E-state index >= 15 is 0 Å². The van der Waals surface area contributed by atoms with Crippen LogP contribution < -0.4 is 10.0 Å². The van der Waals surface area contributed by atoms with E-state index in [-0.39, 0.29) is 18.2 Å². The molecule has 1 atom stereocenters. The third kappa shape index (κ3) is 5.18. The van der Waals surface area contributed by atoms with Gasteiger partial charge in [0.1, 0.15) is 0 Å². The topological polar surface area (TPSA) is 91.1 Å². The third-order valence-electron chi connectivity index (χ3n) is 4.33. The highest BCUT2D eigenvalue weighted by atomic mass is 32.2. The molecule has 0 fully saturated rings. The van der Waals surface area contributed by atoms with Crippen LogP contribution in [0.1, 0.15) is 28.9 Å². The average molecular weight is 385 g/mol. The number of hydrogen-bond donors (Lipinski definition) is 3. The molecule has 0 bridgehead atoms. The second-order valence-electron chi connectivity index (χ2n) is 6.72. The Morgan fingerprint density at radius 1 is 1.11 bits per heavy atom. The van der Waals surface area contributed by atoms with Crippen molar-refractivity contribution in [2.45, 2.75) is 12.8 Å². The van der Waals surface area contributed by atoms with Crippen molar-refractivity contribution in [1.29, 1.82) is 0 Å². The fraction of sp³-hybridized carbons (Fsp3) is 0.250. The molecule has 7 heteroatoms. The molecule has 0 spiro atoms. The molecule has 3 N–H and O–H groups in total. The lowest BCUT2D eigenvalue weighted by molar-refractivity contribution is 0.0991. The van der Waals surface area contributed by atoms with Crippen LogP contribution in [0.4, 0.5) is 5.69 Å². The Bertz CT molecular complexity index is 1010. The summed E-state index contributed by atoms with van der Waals surface area (Å²) in [6.07, 6.45) is 1.09. The maximum atomic E-state index is 12.3. The first-order chi connectivity index (χ1) is 12.8. The first kappa shape index (κ1) is 19.1. The second-order valence-corrected chi connectivity index (χ2v) is 8.47. The van der Waals surface area contributed by atoms with Gasteiger partial charge in [-0.3, -0.25) is 9.52 Å². The predicted molar refractivity (Wildman–Crippen MR) is 109 cm³/mol. The lowest BCUT2D eigenvalue weighted by atomic mass is 10.1. The molecule has 1 heterocycles. The Kier molecular flexibility index (Phi) is 5.62. The number of hydrogen-bond acceptors (Lipinski definition) is 4. The van der Waals surface area contributed by atoms with Crippen LogP contribution in [0.25, 0.3) is 10.9 Å². The van der Waals surface area contributed by atoms with Crippen LogP contribution in [0.15, 0.2) is 54.6 Å². The minimum Gasteiger partial charge on any atom is -0.358 e. The van der Waals surface area contributed by atoms with Crippen LogP contribution in [0.5, 0.6) is 0 Å². The fourth-order valence-electron chi connectivity index (χ4n) is 2.91. The highest BCUT2D eigenvalue weighted by Crippen LogP contribution is 2.20. The Hall–Kier alpha value is -2.64. The van der Waals surface area contributed by atoms with E-state index in [1.54, 1.807) is 24.3 Å². The van der Waals surface area contributed by atoms with Crippen molar-refractivity contribution in [2.24, 2.45) is 0 Å². The Balaban J connectivity index is 1.52. The molecular weight excluding hydrogens is 362 g/mol.